The van der Waals surface area contributed by atoms with E-state index >= 15 is 0 Å². The molecule has 1 aromatic heterocycles. The van der Waals surface area contributed by atoms with E-state index in [1.807, 2.05) is 20.2 Å². The van der Waals surface area contributed by atoms with Crippen LogP contribution in [0.1, 0.15) is 24.1 Å². The molecule has 0 aliphatic carbocycles. The van der Waals surface area contributed by atoms with Gasteiger partial charge in [0.2, 0.25) is 0 Å². The second-order valence-corrected chi connectivity index (χ2v) is 6.80. The summed E-state index contributed by atoms with van der Waals surface area (Å²) in [7, 11) is 1.84. The predicted octanol–water partition coefficient (Wildman–Crippen LogP) is 3.38. The van der Waals surface area contributed by atoms with E-state index in [2.05, 4.69) is 68.0 Å². The average Bonchev–Trinajstić information content (AvgIpc) is 2.70. The van der Waals surface area contributed by atoms with Gasteiger partial charge in [0.1, 0.15) is 0 Å². The fraction of sp³-hybridized carbons (Fsp3) is 0.429. The Morgan fingerprint density at radius 2 is 1.89 bits per heavy atom. The number of benzene rings is 1. The molecule has 0 unspecified atom stereocenters. The highest BCUT2D eigenvalue weighted by Crippen LogP contribution is 2.19. The van der Waals surface area contributed by atoms with Crippen LogP contribution in [-0.4, -0.2) is 43.7 Å². The number of hydrogen-bond donors (Lipinski definition) is 2. The van der Waals surface area contributed by atoms with E-state index in [1.54, 1.807) is 0 Å². The smallest absolute Gasteiger partial charge is 0.191 e. The summed E-state index contributed by atoms with van der Waals surface area (Å²) in [5.41, 5.74) is 3.62. The van der Waals surface area contributed by atoms with Gasteiger partial charge in [-0.3, -0.25) is 9.98 Å². The van der Waals surface area contributed by atoms with E-state index in [0.29, 0.717) is 6.04 Å². The van der Waals surface area contributed by atoms with Gasteiger partial charge >= 0.3 is 0 Å². The highest BCUT2D eigenvalue weighted by molar-refractivity contribution is 14.0. The Balaban J connectivity index is 0.00000261. The molecule has 0 radical (unpaired) electrons. The van der Waals surface area contributed by atoms with Gasteiger partial charge in [-0.15, -0.1) is 24.0 Å². The quantitative estimate of drug-likeness (QED) is 0.392. The van der Waals surface area contributed by atoms with Gasteiger partial charge in [-0.05, 0) is 49.9 Å². The Morgan fingerprint density at radius 1 is 1.15 bits per heavy atom. The second kappa shape index (κ2) is 11.1. The van der Waals surface area contributed by atoms with Crippen LogP contribution in [0.25, 0.3) is 0 Å². The molecule has 146 valence electrons. The fourth-order valence-electron chi connectivity index (χ4n) is 3.28. The normalized spacial score (nSPS) is 15.2. The maximum atomic E-state index is 4.37. The van der Waals surface area contributed by atoms with Crippen LogP contribution in [0.5, 0.6) is 0 Å². The number of pyridine rings is 1. The molecule has 2 N–H and O–H groups in total. The van der Waals surface area contributed by atoms with Gasteiger partial charge in [-0.2, -0.15) is 0 Å². The molecule has 5 nitrogen and oxygen atoms in total. The first kappa shape index (κ1) is 21.5. The van der Waals surface area contributed by atoms with Crippen LogP contribution < -0.4 is 15.5 Å². The largest absolute Gasteiger partial charge is 0.371 e. The SMILES string of the molecule is CN=C(NCCc1ccc(C)nc1)NC1CCN(c2ccccc2)CC1.I. The van der Waals surface area contributed by atoms with E-state index in [0.717, 1.165) is 50.6 Å². The standard InChI is InChI=1S/C21H29N5.HI/c1-17-8-9-18(16-24-17)10-13-23-21(22-2)25-19-11-14-26(15-12-19)20-6-4-3-5-7-20;/h3-9,16,19H,10-15H2,1-2H3,(H2,22,23,25);1H. The van der Waals surface area contributed by atoms with Crippen LogP contribution in [0.15, 0.2) is 53.7 Å². The van der Waals surface area contributed by atoms with Crippen molar-refractivity contribution >= 4 is 35.6 Å². The zero-order valence-electron chi connectivity index (χ0n) is 16.2. The lowest BCUT2D eigenvalue weighted by atomic mass is 10.0. The highest BCUT2D eigenvalue weighted by Gasteiger charge is 2.20. The number of aromatic nitrogens is 1. The van der Waals surface area contributed by atoms with E-state index in [9.17, 15) is 0 Å². The Kier molecular flexibility index (Phi) is 8.84. The molecule has 1 aliphatic rings. The number of halogens is 1. The molecule has 0 bridgehead atoms. The molecule has 1 aromatic carbocycles. The summed E-state index contributed by atoms with van der Waals surface area (Å²) in [5.74, 6) is 0.892. The first-order chi connectivity index (χ1) is 12.7. The Bertz CT molecular complexity index is 694. The zero-order valence-corrected chi connectivity index (χ0v) is 18.5. The minimum atomic E-state index is 0. The lowest BCUT2D eigenvalue weighted by molar-refractivity contribution is 0.461. The number of piperidine rings is 1. The van der Waals surface area contributed by atoms with Gasteiger partial charge in [0.25, 0.3) is 0 Å². The molecule has 1 aliphatic heterocycles. The number of aryl methyl sites for hydroxylation is 1. The van der Waals surface area contributed by atoms with Crippen molar-refractivity contribution in [2.24, 2.45) is 4.99 Å². The second-order valence-electron chi connectivity index (χ2n) is 6.80. The van der Waals surface area contributed by atoms with E-state index in [4.69, 9.17) is 0 Å². The van der Waals surface area contributed by atoms with Gasteiger partial charge in [-0.1, -0.05) is 24.3 Å². The van der Waals surface area contributed by atoms with Crippen molar-refractivity contribution in [3.05, 3.63) is 59.9 Å². The number of rotatable bonds is 5. The third kappa shape index (κ3) is 6.68. The monoisotopic (exact) mass is 479 g/mol. The molecule has 1 fully saturated rings. The van der Waals surface area contributed by atoms with Crippen LogP contribution in [-0.2, 0) is 6.42 Å². The predicted molar refractivity (Wildman–Crippen MR) is 124 cm³/mol. The van der Waals surface area contributed by atoms with Crippen LogP contribution in [0.2, 0.25) is 0 Å². The van der Waals surface area contributed by atoms with Crippen molar-refractivity contribution in [2.75, 3.05) is 31.6 Å². The number of anilines is 1. The number of guanidine groups is 1. The van der Waals surface area contributed by atoms with Gasteiger partial charge in [0.15, 0.2) is 5.96 Å². The van der Waals surface area contributed by atoms with Crippen molar-refractivity contribution in [2.45, 2.75) is 32.2 Å². The first-order valence-electron chi connectivity index (χ1n) is 9.43. The summed E-state index contributed by atoms with van der Waals surface area (Å²) in [6.45, 7) is 5.02. The van der Waals surface area contributed by atoms with Crippen molar-refractivity contribution in [3.63, 3.8) is 0 Å². The lowest BCUT2D eigenvalue weighted by Gasteiger charge is -2.34. The topological polar surface area (TPSA) is 52.6 Å². The molecule has 2 aromatic rings. The Morgan fingerprint density at radius 3 is 2.52 bits per heavy atom. The minimum Gasteiger partial charge on any atom is -0.371 e. The molecule has 6 heteroatoms. The average molecular weight is 479 g/mol. The third-order valence-corrected chi connectivity index (χ3v) is 4.86. The van der Waals surface area contributed by atoms with Crippen molar-refractivity contribution in [3.8, 4) is 0 Å². The van der Waals surface area contributed by atoms with E-state index in [-0.39, 0.29) is 24.0 Å². The van der Waals surface area contributed by atoms with Gasteiger partial charge in [0.05, 0.1) is 0 Å². The molecule has 0 saturated carbocycles. The molecular weight excluding hydrogens is 449 g/mol. The molecule has 0 atom stereocenters. The molecule has 2 heterocycles. The molecule has 0 amide bonds. The van der Waals surface area contributed by atoms with Crippen molar-refractivity contribution in [1.29, 1.82) is 0 Å². The van der Waals surface area contributed by atoms with Gasteiger partial charge in [-0.25, -0.2) is 0 Å². The van der Waals surface area contributed by atoms with Crippen molar-refractivity contribution in [1.82, 2.24) is 15.6 Å². The molecule has 3 rings (SSSR count). The summed E-state index contributed by atoms with van der Waals surface area (Å²) in [5, 5.41) is 6.99. The van der Waals surface area contributed by atoms with Crippen LogP contribution in [0.4, 0.5) is 5.69 Å². The number of para-hydroxylation sites is 1. The number of nitrogens with one attached hydrogen (secondary N) is 2. The lowest BCUT2D eigenvalue weighted by Crippen LogP contribution is -2.49. The minimum absolute atomic E-state index is 0. The molecular formula is C21H30IN5. The maximum absolute atomic E-state index is 4.37. The Hall–Kier alpha value is -1.83. The number of nitrogens with zero attached hydrogens (tertiary/aromatic N) is 3. The first-order valence-corrected chi connectivity index (χ1v) is 9.43. The van der Waals surface area contributed by atoms with E-state index < -0.39 is 0 Å². The van der Waals surface area contributed by atoms with E-state index in [1.165, 1.54) is 11.3 Å². The zero-order chi connectivity index (χ0) is 18.2. The molecule has 0 spiro atoms. The summed E-state index contributed by atoms with van der Waals surface area (Å²) in [6, 6.07) is 15.3. The number of hydrogen-bond acceptors (Lipinski definition) is 3. The van der Waals surface area contributed by atoms with Gasteiger partial charge in [0, 0.05) is 50.3 Å². The fourth-order valence-corrected chi connectivity index (χ4v) is 3.28. The molecule has 27 heavy (non-hydrogen) atoms. The van der Waals surface area contributed by atoms with Crippen LogP contribution in [0.3, 0.4) is 0 Å². The number of aliphatic imine (C=N–C) groups is 1. The summed E-state index contributed by atoms with van der Waals surface area (Å²) < 4.78 is 0. The Labute approximate surface area is 179 Å². The van der Waals surface area contributed by atoms with Crippen LogP contribution >= 0.6 is 24.0 Å². The maximum Gasteiger partial charge on any atom is 0.191 e. The van der Waals surface area contributed by atoms with Crippen molar-refractivity contribution < 1.29 is 0 Å². The summed E-state index contributed by atoms with van der Waals surface area (Å²) in [6.07, 6.45) is 5.14. The molecule has 1 saturated heterocycles. The van der Waals surface area contributed by atoms with Gasteiger partial charge < -0.3 is 15.5 Å². The summed E-state index contributed by atoms with van der Waals surface area (Å²) in [4.78, 5) is 11.2. The third-order valence-electron chi connectivity index (χ3n) is 4.86. The summed E-state index contributed by atoms with van der Waals surface area (Å²) >= 11 is 0. The highest BCUT2D eigenvalue weighted by atomic mass is 127. The van der Waals surface area contributed by atoms with Crippen LogP contribution in [0, 0.1) is 6.92 Å².